The fourth-order valence-corrected chi connectivity index (χ4v) is 7.84. The average Bonchev–Trinajstić information content (AvgIpc) is 3.24. The number of carbonyl (C=O) groups is 8. The van der Waals surface area contributed by atoms with Gasteiger partial charge in [-0.2, -0.15) is 0 Å². The molecule has 1 aliphatic carbocycles. The first-order chi connectivity index (χ1) is 31.8. The van der Waals surface area contributed by atoms with E-state index in [9.17, 15) is 48.6 Å². The summed E-state index contributed by atoms with van der Waals surface area (Å²) in [4.78, 5) is 105. The normalized spacial score (nSPS) is 14.9. The number of fused-ring (bicyclic) bond motifs is 2. The van der Waals surface area contributed by atoms with Crippen LogP contribution in [0, 0.1) is 23.7 Å². The Hall–Kier alpha value is -6.28. The van der Waals surface area contributed by atoms with E-state index in [4.69, 9.17) is 11.5 Å². The van der Waals surface area contributed by atoms with Crippen molar-refractivity contribution in [3.05, 3.63) is 46.5 Å². The minimum absolute atomic E-state index is 0.0549. The molecule has 0 heterocycles. The van der Waals surface area contributed by atoms with Crippen LogP contribution >= 0.6 is 0 Å². The van der Waals surface area contributed by atoms with Crippen molar-refractivity contribution in [2.75, 3.05) is 36.8 Å². The molecule has 0 unspecified atom stereocenters. The van der Waals surface area contributed by atoms with Gasteiger partial charge in [0.05, 0.1) is 34.3 Å². The quantitative estimate of drug-likeness (QED) is 0.0365. The molecule has 0 saturated heterocycles. The summed E-state index contributed by atoms with van der Waals surface area (Å²) in [7, 11) is 0. The molecule has 0 aliphatic heterocycles. The van der Waals surface area contributed by atoms with Crippen molar-refractivity contribution >= 4 is 58.4 Å². The molecule has 0 saturated carbocycles. The average molecular weight is 951 g/mol. The predicted octanol–water partition coefficient (Wildman–Crippen LogP) is 1.75. The number of phenolic OH excluding ortho intramolecular Hbond substituents is 2. The minimum Gasteiger partial charge on any atom is -0.507 e. The third-order valence-electron chi connectivity index (χ3n) is 11.2. The number of amides is 6. The summed E-state index contributed by atoms with van der Waals surface area (Å²) in [5, 5.41) is 44.9. The maximum atomic E-state index is 14.2. The van der Waals surface area contributed by atoms with Gasteiger partial charge >= 0.3 is 0 Å². The lowest BCUT2D eigenvalue weighted by atomic mass is 9.81. The maximum Gasteiger partial charge on any atom is 0.242 e. The van der Waals surface area contributed by atoms with E-state index < -0.39 is 94.8 Å². The zero-order chi connectivity index (χ0) is 51.2. The fraction of sp³-hybridized carbons (Fsp3) is 0.583. The third kappa shape index (κ3) is 15.9. The second-order valence-electron chi connectivity index (χ2n) is 19.2. The Kier molecular flexibility index (Phi) is 21.2. The van der Waals surface area contributed by atoms with Gasteiger partial charge in [0.1, 0.15) is 35.7 Å². The largest absolute Gasteiger partial charge is 0.507 e. The molecular formula is C48H74N10O10. The molecule has 6 atom stereocenters. The number of anilines is 2. The molecule has 0 aromatic heterocycles. The molecule has 2 aromatic carbocycles. The van der Waals surface area contributed by atoms with Crippen molar-refractivity contribution in [3.8, 4) is 11.5 Å². The number of hydrogen-bond donors (Lipinski definition) is 12. The van der Waals surface area contributed by atoms with Crippen LogP contribution in [0.1, 0.15) is 127 Å². The second-order valence-corrected chi connectivity index (χ2v) is 19.2. The van der Waals surface area contributed by atoms with Gasteiger partial charge in [-0.15, -0.1) is 0 Å². The molecule has 20 nitrogen and oxygen atoms in total. The maximum absolute atomic E-state index is 14.2. The summed E-state index contributed by atoms with van der Waals surface area (Å²) in [5.41, 5.74) is 10.7. The Morgan fingerprint density at radius 3 is 1.04 bits per heavy atom. The molecule has 0 fully saturated rings. The predicted molar refractivity (Wildman–Crippen MR) is 259 cm³/mol. The highest BCUT2D eigenvalue weighted by Crippen LogP contribution is 2.42. The summed E-state index contributed by atoms with van der Waals surface area (Å²) in [5.74, 6) is -5.42. The SMILES string of the molecule is CC(C)C[C@H](NC(=O)[C@H](C)NC(=O)[C@H](CC(C)C)NCCNc1ccc(NCCN[C@@H](CC(C)C)C(=O)N[C@@H](C)C(=O)N[C@@H](CC(C)C)C(N)=O)c2c1C(=O)c1c(O)ccc(O)c1C2=O)C(N)=O. The van der Waals surface area contributed by atoms with E-state index in [1.165, 1.54) is 13.8 Å². The molecule has 0 radical (unpaired) electrons. The van der Waals surface area contributed by atoms with Crippen LogP contribution in [0.15, 0.2) is 24.3 Å². The number of nitrogens with one attached hydrogen (secondary N) is 8. The molecule has 20 heteroatoms. The van der Waals surface area contributed by atoms with Crippen LogP contribution in [0.25, 0.3) is 0 Å². The molecule has 2 aromatic rings. The van der Waals surface area contributed by atoms with Gasteiger partial charge in [-0.05, 0) is 87.5 Å². The number of primary amides is 2. The van der Waals surface area contributed by atoms with Crippen molar-refractivity contribution in [1.29, 1.82) is 0 Å². The lowest BCUT2D eigenvalue weighted by Crippen LogP contribution is -2.55. The Labute approximate surface area is 399 Å². The number of ketones is 2. The standard InChI is InChI=1S/C48H74N10O10/c1-23(2)19-31(43(49)63)57-45(65)27(9)55-47(67)33(21-25(5)6)53-17-15-51-29-11-12-30(38-37(29)41(61)39-35(59)13-14-36(60)40(39)42(38)62)52-16-18-54-34(22-26(7)8)48(68)56-28(10)46(66)58-32(44(50)64)20-24(3)4/h11-14,23-28,31-34,51-54,59-60H,15-22H2,1-10H3,(H2,49,63)(H2,50,64)(H,55,67)(H,56,68)(H,57,65)(H,58,66)/t27-,28-,31-,32-,33-,34-/m0/s1. The van der Waals surface area contributed by atoms with Crippen LogP contribution in [0.4, 0.5) is 11.4 Å². The number of nitrogens with two attached hydrogens (primary N) is 2. The van der Waals surface area contributed by atoms with E-state index in [-0.39, 0.29) is 83.5 Å². The summed E-state index contributed by atoms with van der Waals surface area (Å²) >= 11 is 0. The van der Waals surface area contributed by atoms with Crippen molar-refractivity contribution in [2.24, 2.45) is 35.1 Å². The number of phenols is 2. The van der Waals surface area contributed by atoms with Gasteiger partial charge in [0.25, 0.3) is 0 Å². The van der Waals surface area contributed by atoms with E-state index >= 15 is 0 Å². The molecule has 0 bridgehead atoms. The van der Waals surface area contributed by atoms with E-state index in [1.54, 1.807) is 12.1 Å². The molecular weight excluding hydrogens is 877 g/mol. The topological polar surface area (TPSA) is 325 Å². The summed E-state index contributed by atoms with van der Waals surface area (Å²) in [6.45, 7) is 19.0. The van der Waals surface area contributed by atoms with E-state index in [0.717, 1.165) is 12.1 Å². The van der Waals surface area contributed by atoms with Crippen molar-refractivity contribution < 1.29 is 48.6 Å². The lowest BCUT2D eigenvalue weighted by Gasteiger charge is -2.26. The molecule has 1 aliphatic rings. The summed E-state index contributed by atoms with van der Waals surface area (Å²) < 4.78 is 0. The Morgan fingerprint density at radius 2 is 0.750 bits per heavy atom. The first kappa shape index (κ1) is 56.0. The van der Waals surface area contributed by atoms with E-state index in [0.29, 0.717) is 25.7 Å². The summed E-state index contributed by atoms with van der Waals surface area (Å²) in [6.07, 6.45) is 1.50. The fourth-order valence-electron chi connectivity index (χ4n) is 7.84. The monoisotopic (exact) mass is 951 g/mol. The van der Waals surface area contributed by atoms with Crippen LogP contribution in [0.2, 0.25) is 0 Å². The van der Waals surface area contributed by atoms with E-state index in [1.807, 2.05) is 55.4 Å². The van der Waals surface area contributed by atoms with Crippen molar-refractivity contribution in [2.45, 2.75) is 131 Å². The highest BCUT2D eigenvalue weighted by Gasteiger charge is 2.38. The highest BCUT2D eigenvalue weighted by atomic mass is 16.3. The number of hydrogen-bond acceptors (Lipinski definition) is 14. The lowest BCUT2D eigenvalue weighted by molar-refractivity contribution is -0.132. The molecule has 14 N–H and O–H groups in total. The second kappa shape index (κ2) is 25.7. The Morgan fingerprint density at radius 1 is 0.441 bits per heavy atom. The first-order valence-corrected chi connectivity index (χ1v) is 23.4. The molecule has 6 amide bonds. The molecule has 3 rings (SSSR count). The van der Waals surface area contributed by atoms with Crippen LogP contribution in [0.3, 0.4) is 0 Å². The number of benzene rings is 2. The van der Waals surface area contributed by atoms with Crippen molar-refractivity contribution in [3.63, 3.8) is 0 Å². The molecule has 0 spiro atoms. The molecule has 376 valence electrons. The van der Waals surface area contributed by atoms with Crippen molar-refractivity contribution in [1.82, 2.24) is 31.9 Å². The summed E-state index contributed by atoms with van der Waals surface area (Å²) in [6, 6.07) is 0.246. The van der Waals surface area contributed by atoms with Gasteiger partial charge in [0.15, 0.2) is 0 Å². The van der Waals surface area contributed by atoms with Gasteiger partial charge < -0.3 is 64.2 Å². The van der Waals surface area contributed by atoms with Gasteiger partial charge in [0.2, 0.25) is 47.0 Å². The Bertz CT molecular complexity index is 2010. The van der Waals surface area contributed by atoms with Crippen LogP contribution in [0.5, 0.6) is 11.5 Å². The van der Waals surface area contributed by atoms with Crippen LogP contribution < -0.4 is 54.0 Å². The van der Waals surface area contributed by atoms with E-state index in [2.05, 4.69) is 42.5 Å². The van der Waals surface area contributed by atoms with Crippen LogP contribution in [-0.4, -0.2) is 120 Å². The van der Waals surface area contributed by atoms with Gasteiger partial charge in [-0.3, -0.25) is 38.4 Å². The first-order valence-electron chi connectivity index (χ1n) is 23.4. The number of rotatable bonds is 28. The van der Waals surface area contributed by atoms with Crippen LogP contribution in [-0.2, 0) is 28.8 Å². The smallest absolute Gasteiger partial charge is 0.242 e. The molecule has 68 heavy (non-hydrogen) atoms. The number of aromatic hydroxyl groups is 2. The zero-order valence-corrected chi connectivity index (χ0v) is 41.1. The number of carbonyl (C=O) groups excluding carboxylic acids is 8. The third-order valence-corrected chi connectivity index (χ3v) is 11.2. The highest BCUT2D eigenvalue weighted by molar-refractivity contribution is 6.33. The van der Waals surface area contributed by atoms with Gasteiger partial charge in [-0.1, -0.05) is 55.4 Å². The zero-order valence-electron chi connectivity index (χ0n) is 41.1. The minimum atomic E-state index is -0.975. The van der Waals surface area contributed by atoms with Gasteiger partial charge in [0, 0.05) is 37.6 Å². The Balaban J connectivity index is 1.78. The van der Waals surface area contributed by atoms with Gasteiger partial charge in [-0.25, -0.2) is 0 Å².